The highest BCUT2D eigenvalue weighted by Crippen LogP contribution is 2.43. The van der Waals surface area contributed by atoms with E-state index in [1.165, 1.54) is 11.8 Å². The predicted octanol–water partition coefficient (Wildman–Crippen LogP) is 2.74. The Bertz CT molecular complexity index is 475. The van der Waals surface area contributed by atoms with E-state index in [1.54, 1.807) is 13.8 Å². The molecule has 1 heterocycles. The van der Waals surface area contributed by atoms with E-state index in [1.807, 2.05) is 32.0 Å². The zero-order valence-corrected chi connectivity index (χ0v) is 11.3. The molecule has 0 saturated carbocycles. The van der Waals surface area contributed by atoms with Crippen molar-refractivity contribution >= 4 is 23.4 Å². The number of anilines is 1. The minimum atomic E-state index is -0.860. The number of fused-ring (bicyclic) bond motifs is 1. The van der Waals surface area contributed by atoms with Gasteiger partial charge in [0.25, 0.3) is 0 Å². The molecule has 4 heteroatoms. The molecule has 1 aliphatic heterocycles. The number of rotatable bonds is 1. The fourth-order valence-corrected chi connectivity index (χ4v) is 2.79. The fourth-order valence-electron chi connectivity index (χ4n) is 1.68. The first-order valence-electron chi connectivity index (χ1n) is 5.57. The van der Waals surface area contributed by atoms with Crippen molar-refractivity contribution in [3.8, 4) is 0 Å². The molecular formula is C13H17NO2S. The summed E-state index contributed by atoms with van der Waals surface area (Å²) in [5.41, 5.74) is 0.823. The summed E-state index contributed by atoms with van der Waals surface area (Å²) in [6, 6.07) is 5.64. The van der Waals surface area contributed by atoms with Crippen LogP contribution in [0.25, 0.3) is 0 Å². The molecule has 3 nitrogen and oxygen atoms in total. The smallest absolute Gasteiger partial charge is 0.240 e. The summed E-state index contributed by atoms with van der Waals surface area (Å²) in [5.74, 6) is 0.0195. The zero-order chi connectivity index (χ0) is 12.8. The molecule has 2 rings (SSSR count). The van der Waals surface area contributed by atoms with E-state index in [9.17, 15) is 9.90 Å². The fraction of sp³-hybridized carbons (Fsp3) is 0.462. The zero-order valence-electron chi connectivity index (χ0n) is 10.5. The van der Waals surface area contributed by atoms with Gasteiger partial charge in [0.1, 0.15) is 0 Å². The van der Waals surface area contributed by atoms with E-state index in [4.69, 9.17) is 0 Å². The molecule has 1 amide bonds. The second kappa shape index (κ2) is 3.75. The standard InChI is InChI=1S/C13H17NO2S/c1-12(2,16)8-5-6-9-10(7-8)17-13(3,4)11(15)14-9/h5-7,16H,1-4H3,(H,14,15). The summed E-state index contributed by atoms with van der Waals surface area (Å²) in [5, 5.41) is 12.9. The van der Waals surface area contributed by atoms with Gasteiger partial charge in [0.2, 0.25) is 5.91 Å². The first kappa shape index (κ1) is 12.5. The quantitative estimate of drug-likeness (QED) is 0.807. The average molecular weight is 251 g/mol. The minimum Gasteiger partial charge on any atom is -0.386 e. The minimum absolute atomic E-state index is 0.0195. The molecule has 1 aromatic carbocycles. The highest BCUT2D eigenvalue weighted by molar-refractivity contribution is 8.01. The van der Waals surface area contributed by atoms with Gasteiger partial charge in [0.15, 0.2) is 0 Å². The summed E-state index contributed by atoms with van der Waals surface area (Å²) in [7, 11) is 0. The van der Waals surface area contributed by atoms with Gasteiger partial charge in [-0.05, 0) is 45.4 Å². The van der Waals surface area contributed by atoms with Crippen LogP contribution in [-0.4, -0.2) is 15.8 Å². The lowest BCUT2D eigenvalue weighted by Crippen LogP contribution is -2.37. The van der Waals surface area contributed by atoms with Crippen LogP contribution in [0.1, 0.15) is 33.3 Å². The third-order valence-electron chi connectivity index (χ3n) is 2.85. The summed E-state index contributed by atoms with van der Waals surface area (Å²) in [6.45, 7) is 7.30. The molecule has 1 aliphatic rings. The Balaban J connectivity index is 2.45. The molecule has 0 atom stereocenters. The van der Waals surface area contributed by atoms with Gasteiger partial charge in [0, 0.05) is 4.90 Å². The molecule has 0 unspecified atom stereocenters. The van der Waals surface area contributed by atoms with Crippen molar-refractivity contribution in [1.29, 1.82) is 0 Å². The Hall–Kier alpha value is -1.00. The number of carbonyl (C=O) groups is 1. The van der Waals surface area contributed by atoms with Crippen molar-refractivity contribution in [2.45, 2.75) is 42.9 Å². The molecule has 0 radical (unpaired) electrons. The monoisotopic (exact) mass is 251 g/mol. The molecule has 0 aromatic heterocycles. The van der Waals surface area contributed by atoms with Crippen LogP contribution >= 0.6 is 11.8 Å². The summed E-state index contributed by atoms with van der Waals surface area (Å²) >= 11 is 1.53. The number of benzene rings is 1. The maximum atomic E-state index is 11.8. The number of hydrogen-bond acceptors (Lipinski definition) is 3. The van der Waals surface area contributed by atoms with Gasteiger partial charge >= 0.3 is 0 Å². The first-order chi connectivity index (χ1) is 7.70. The number of hydrogen-bond donors (Lipinski definition) is 2. The number of aliphatic hydroxyl groups is 1. The Morgan fingerprint density at radius 2 is 2.00 bits per heavy atom. The van der Waals surface area contributed by atoms with Crippen LogP contribution in [0.4, 0.5) is 5.69 Å². The second-order valence-electron chi connectivity index (χ2n) is 5.34. The SMILES string of the molecule is CC1(C)Sc2cc(C(C)(C)O)ccc2NC1=O. The lowest BCUT2D eigenvalue weighted by Gasteiger charge is -2.31. The van der Waals surface area contributed by atoms with E-state index < -0.39 is 10.3 Å². The summed E-state index contributed by atoms with van der Waals surface area (Å²) in [4.78, 5) is 12.8. The molecule has 2 N–H and O–H groups in total. The maximum absolute atomic E-state index is 11.8. The van der Waals surface area contributed by atoms with Crippen LogP contribution in [0.5, 0.6) is 0 Å². The second-order valence-corrected chi connectivity index (χ2v) is 7.00. The number of thioether (sulfide) groups is 1. The molecule has 0 fully saturated rings. The average Bonchev–Trinajstić information content (AvgIpc) is 2.17. The number of carbonyl (C=O) groups excluding carboxylic acids is 1. The Kier molecular flexibility index (Phi) is 2.75. The van der Waals surface area contributed by atoms with Gasteiger partial charge in [0.05, 0.1) is 16.0 Å². The third kappa shape index (κ3) is 2.33. The Morgan fingerprint density at radius 1 is 1.35 bits per heavy atom. The van der Waals surface area contributed by atoms with Crippen LogP contribution in [0.2, 0.25) is 0 Å². The molecular weight excluding hydrogens is 234 g/mol. The largest absolute Gasteiger partial charge is 0.386 e. The lowest BCUT2D eigenvalue weighted by atomic mass is 9.98. The number of nitrogens with one attached hydrogen (secondary N) is 1. The topological polar surface area (TPSA) is 49.3 Å². The maximum Gasteiger partial charge on any atom is 0.240 e. The molecule has 0 aliphatic carbocycles. The van der Waals surface area contributed by atoms with Gasteiger partial charge in [-0.1, -0.05) is 6.07 Å². The van der Waals surface area contributed by atoms with Crippen LogP contribution in [-0.2, 0) is 10.4 Å². The van der Waals surface area contributed by atoms with Crippen LogP contribution in [0.3, 0.4) is 0 Å². The van der Waals surface area contributed by atoms with Gasteiger partial charge in [-0.3, -0.25) is 4.79 Å². The molecule has 92 valence electrons. The molecule has 1 aromatic rings. The van der Waals surface area contributed by atoms with Crippen molar-refractivity contribution in [3.63, 3.8) is 0 Å². The Labute approximate surface area is 106 Å². The molecule has 0 saturated heterocycles. The van der Waals surface area contributed by atoms with E-state index >= 15 is 0 Å². The third-order valence-corrected chi connectivity index (χ3v) is 4.10. The van der Waals surface area contributed by atoms with E-state index in [2.05, 4.69) is 5.32 Å². The van der Waals surface area contributed by atoms with Crippen molar-refractivity contribution in [3.05, 3.63) is 23.8 Å². The van der Waals surface area contributed by atoms with E-state index in [-0.39, 0.29) is 5.91 Å². The highest BCUT2D eigenvalue weighted by Gasteiger charge is 2.35. The lowest BCUT2D eigenvalue weighted by molar-refractivity contribution is -0.117. The first-order valence-corrected chi connectivity index (χ1v) is 6.39. The van der Waals surface area contributed by atoms with Gasteiger partial charge in [-0.15, -0.1) is 11.8 Å². The van der Waals surface area contributed by atoms with Crippen molar-refractivity contribution in [2.75, 3.05) is 5.32 Å². The van der Waals surface area contributed by atoms with Crippen molar-refractivity contribution in [1.82, 2.24) is 0 Å². The van der Waals surface area contributed by atoms with Gasteiger partial charge in [-0.2, -0.15) is 0 Å². The van der Waals surface area contributed by atoms with Crippen LogP contribution in [0, 0.1) is 0 Å². The highest BCUT2D eigenvalue weighted by atomic mass is 32.2. The number of amides is 1. The van der Waals surface area contributed by atoms with Gasteiger partial charge < -0.3 is 10.4 Å². The van der Waals surface area contributed by atoms with Crippen LogP contribution < -0.4 is 5.32 Å². The van der Waals surface area contributed by atoms with Gasteiger partial charge in [-0.25, -0.2) is 0 Å². The van der Waals surface area contributed by atoms with E-state index in [0.717, 1.165) is 16.1 Å². The van der Waals surface area contributed by atoms with E-state index in [0.29, 0.717) is 0 Å². The molecule has 17 heavy (non-hydrogen) atoms. The van der Waals surface area contributed by atoms with Crippen LogP contribution in [0.15, 0.2) is 23.1 Å². The molecule has 0 spiro atoms. The summed E-state index contributed by atoms with van der Waals surface area (Å²) < 4.78 is -0.467. The molecule has 0 bridgehead atoms. The van der Waals surface area contributed by atoms with Crippen molar-refractivity contribution < 1.29 is 9.90 Å². The Morgan fingerprint density at radius 3 is 2.59 bits per heavy atom. The van der Waals surface area contributed by atoms with Crippen molar-refractivity contribution in [2.24, 2.45) is 0 Å². The summed E-state index contributed by atoms with van der Waals surface area (Å²) in [6.07, 6.45) is 0. The predicted molar refractivity (Wildman–Crippen MR) is 70.3 cm³/mol. The normalized spacial score (nSPS) is 18.5.